The molecule has 2 nitrogen and oxygen atoms in total. The van der Waals surface area contributed by atoms with E-state index in [0.717, 1.165) is 18.4 Å². The second-order valence-electron chi connectivity index (χ2n) is 4.17. The SMILES string of the molecule is CCCC(=O)OC(C)(CC)c1ccccc1. The number of hydrogen-bond acceptors (Lipinski definition) is 2. The third kappa shape index (κ3) is 3.09. The van der Waals surface area contributed by atoms with Gasteiger partial charge in [-0.2, -0.15) is 0 Å². The lowest BCUT2D eigenvalue weighted by Gasteiger charge is -2.29. The monoisotopic (exact) mass is 220 g/mol. The predicted octanol–water partition coefficient (Wildman–Crippen LogP) is 3.66. The first-order valence-corrected chi connectivity index (χ1v) is 5.89. The average molecular weight is 220 g/mol. The first-order chi connectivity index (χ1) is 7.62. The summed E-state index contributed by atoms with van der Waals surface area (Å²) in [5.41, 5.74) is 0.565. The molecule has 2 heteroatoms. The van der Waals surface area contributed by atoms with Crippen molar-refractivity contribution in [2.24, 2.45) is 0 Å². The van der Waals surface area contributed by atoms with E-state index in [-0.39, 0.29) is 5.97 Å². The molecule has 1 aromatic carbocycles. The Morgan fingerprint density at radius 1 is 1.25 bits per heavy atom. The molecule has 0 fully saturated rings. The molecule has 0 N–H and O–H groups in total. The van der Waals surface area contributed by atoms with Crippen LogP contribution in [-0.4, -0.2) is 5.97 Å². The highest BCUT2D eigenvalue weighted by molar-refractivity contribution is 5.70. The highest BCUT2D eigenvalue weighted by Crippen LogP contribution is 2.29. The third-order valence-corrected chi connectivity index (χ3v) is 2.85. The van der Waals surface area contributed by atoms with Gasteiger partial charge >= 0.3 is 5.97 Å². The molecule has 0 radical (unpaired) electrons. The van der Waals surface area contributed by atoms with Crippen LogP contribution in [0.1, 0.15) is 45.6 Å². The van der Waals surface area contributed by atoms with Crippen LogP contribution in [0.3, 0.4) is 0 Å². The molecule has 0 spiro atoms. The topological polar surface area (TPSA) is 26.3 Å². The van der Waals surface area contributed by atoms with Crippen LogP contribution in [0.5, 0.6) is 0 Å². The predicted molar refractivity (Wildman–Crippen MR) is 65.1 cm³/mol. The molecule has 16 heavy (non-hydrogen) atoms. The maximum absolute atomic E-state index is 11.6. The number of benzene rings is 1. The van der Waals surface area contributed by atoms with Gasteiger partial charge in [0, 0.05) is 6.42 Å². The summed E-state index contributed by atoms with van der Waals surface area (Å²) < 4.78 is 5.57. The molecule has 0 aromatic heterocycles. The van der Waals surface area contributed by atoms with E-state index in [9.17, 15) is 4.79 Å². The molecular weight excluding hydrogens is 200 g/mol. The molecule has 88 valence electrons. The molecule has 0 saturated heterocycles. The van der Waals surface area contributed by atoms with Crippen LogP contribution >= 0.6 is 0 Å². The van der Waals surface area contributed by atoms with E-state index in [1.54, 1.807) is 0 Å². The highest BCUT2D eigenvalue weighted by Gasteiger charge is 2.28. The molecule has 0 saturated carbocycles. The van der Waals surface area contributed by atoms with Gasteiger partial charge < -0.3 is 4.74 Å². The van der Waals surface area contributed by atoms with Crippen LogP contribution in [0.2, 0.25) is 0 Å². The number of hydrogen-bond donors (Lipinski definition) is 0. The lowest BCUT2D eigenvalue weighted by molar-refractivity contribution is -0.159. The van der Waals surface area contributed by atoms with Crippen molar-refractivity contribution in [3.05, 3.63) is 35.9 Å². The van der Waals surface area contributed by atoms with Crippen LogP contribution < -0.4 is 0 Å². The molecule has 0 heterocycles. The number of rotatable bonds is 5. The largest absolute Gasteiger partial charge is 0.454 e. The summed E-state index contributed by atoms with van der Waals surface area (Å²) >= 11 is 0. The number of ether oxygens (including phenoxy) is 1. The van der Waals surface area contributed by atoms with Gasteiger partial charge in [0.05, 0.1) is 0 Å². The maximum Gasteiger partial charge on any atom is 0.306 e. The van der Waals surface area contributed by atoms with Crippen LogP contribution in [-0.2, 0) is 15.1 Å². The van der Waals surface area contributed by atoms with Crippen molar-refractivity contribution in [2.75, 3.05) is 0 Å². The Bertz CT molecular complexity index is 332. The molecular formula is C14H20O2. The van der Waals surface area contributed by atoms with E-state index in [0.29, 0.717) is 6.42 Å². The molecule has 1 unspecified atom stereocenters. The zero-order valence-electron chi connectivity index (χ0n) is 10.3. The van der Waals surface area contributed by atoms with Crippen molar-refractivity contribution in [3.8, 4) is 0 Å². The molecule has 1 atom stereocenters. The smallest absolute Gasteiger partial charge is 0.306 e. The van der Waals surface area contributed by atoms with E-state index in [2.05, 4.69) is 0 Å². The first-order valence-electron chi connectivity index (χ1n) is 5.89. The number of esters is 1. The Kier molecular flexibility index (Phi) is 4.53. The second-order valence-corrected chi connectivity index (χ2v) is 4.17. The summed E-state index contributed by atoms with van der Waals surface area (Å²) in [5.74, 6) is -0.115. The minimum atomic E-state index is -0.493. The fourth-order valence-corrected chi connectivity index (χ4v) is 1.63. The van der Waals surface area contributed by atoms with E-state index < -0.39 is 5.60 Å². The van der Waals surface area contributed by atoms with Gasteiger partial charge in [0.25, 0.3) is 0 Å². The van der Waals surface area contributed by atoms with E-state index in [4.69, 9.17) is 4.74 Å². The Balaban J connectivity index is 2.82. The molecule has 0 aliphatic rings. The standard InChI is InChI=1S/C14H20O2/c1-4-9-13(15)16-14(3,5-2)12-10-7-6-8-11-12/h6-8,10-11H,4-5,9H2,1-3H3. The van der Waals surface area contributed by atoms with Crippen LogP contribution in [0.25, 0.3) is 0 Å². The third-order valence-electron chi connectivity index (χ3n) is 2.85. The van der Waals surface area contributed by atoms with Crippen molar-refractivity contribution in [1.29, 1.82) is 0 Å². The summed E-state index contributed by atoms with van der Waals surface area (Å²) in [4.78, 5) is 11.6. The first kappa shape index (κ1) is 12.8. The van der Waals surface area contributed by atoms with Gasteiger partial charge in [-0.1, -0.05) is 44.2 Å². The van der Waals surface area contributed by atoms with Crippen molar-refractivity contribution < 1.29 is 9.53 Å². The van der Waals surface area contributed by atoms with Crippen molar-refractivity contribution in [2.45, 2.75) is 45.6 Å². The summed E-state index contributed by atoms with van der Waals surface area (Å²) in [5, 5.41) is 0. The Labute approximate surface area is 97.6 Å². The summed E-state index contributed by atoms with van der Waals surface area (Å²) in [7, 11) is 0. The molecule has 0 bridgehead atoms. The zero-order chi connectivity index (χ0) is 12.0. The van der Waals surface area contributed by atoms with Gasteiger partial charge in [0.2, 0.25) is 0 Å². The Hall–Kier alpha value is -1.31. The minimum absolute atomic E-state index is 0.115. The quantitative estimate of drug-likeness (QED) is 0.708. The minimum Gasteiger partial charge on any atom is -0.454 e. The molecule has 0 aliphatic carbocycles. The summed E-state index contributed by atoms with van der Waals surface area (Å²) in [6, 6.07) is 9.91. The summed E-state index contributed by atoms with van der Waals surface area (Å²) in [6.07, 6.45) is 2.10. The average Bonchev–Trinajstić information content (AvgIpc) is 2.30. The number of carbonyl (C=O) groups is 1. The molecule has 0 aliphatic heterocycles. The van der Waals surface area contributed by atoms with Crippen molar-refractivity contribution in [3.63, 3.8) is 0 Å². The normalized spacial score (nSPS) is 14.2. The Morgan fingerprint density at radius 2 is 1.88 bits per heavy atom. The Morgan fingerprint density at radius 3 is 2.38 bits per heavy atom. The van der Waals surface area contributed by atoms with Gasteiger partial charge in [-0.25, -0.2) is 0 Å². The molecule has 1 aromatic rings. The van der Waals surface area contributed by atoms with Crippen LogP contribution in [0, 0.1) is 0 Å². The maximum atomic E-state index is 11.6. The number of carbonyl (C=O) groups excluding carboxylic acids is 1. The van der Waals surface area contributed by atoms with Gasteiger partial charge in [-0.15, -0.1) is 0 Å². The van der Waals surface area contributed by atoms with Gasteiger partial charge in [-0.05, 0) is 25.3 Å². The lowest BCUT2D eigenvalue weighted by Crippen LogP contribution is -2.28. The fourth-order valence-electron chi connectivity index (χ4n) is 1.63. The van der Waals surface area contributed by atoms with Crippen molar-refractivity contribution >= 4 is 5.97 Å². The van der Waals surface area contributed by atoms with Crippen LogP contribution in [0.15, 0.2) is 30.3 Å². The van der Waals surface area contributed by atoms with Gasteiger partial charge in [0.1, 0.15) is 5.60 Å². The fraction of sp³-hybridized carbons (Fsp3) is 0.500. The van der Waals surface area contributed by atoms with E-state index in [1.165, 1.54) is 0 Å². The highest BCUT2D eigenvalue weighted by atomic mass is 16.6. The zero-order valence-corrected chi connectivity index (χ0v) is 10.3. The second kappa shape index (κ2) is 5.69. The van der Waals surface area contributed by atoms with Crippen molar-refractivity contribution in [1.82, 2.24) is 0 Å². The van der Waals surface area contributed by atoms with E-state index in [1.807, 2.05) is 51.1 Å². The van der Waals surface area contributed by atoms with E-state index >= 15 is 0 Å². The molecule has 0 amide bonds. The van der Waals surface area contributed by atoms with Gasteiger partial charge in [0.15, 0.2) is 0 Å². The van der Waals surface area contributed by atoms with Crippen LogP contribution in [0.4, 0.5) is 0 Å². The lowest BCUT2D eigenvalue weighted by atomic mass is 9.93. The van der Waals surface area contributed by atoms with Gasteiger partial charge in [-0.3, -0.25) is 4.79 Å². The summed E-state index contributed by atoms with van der Waals surface area (Å²) in [6.45, 7) is 5.98. The molecule has 1 rings (SSSR count).